The molecule has 0 aromatic heterocycles. The fraction of sp³-hybridized carbons (Fsp3) is 0.882. The van der Waals surface area contributed by atoms with E-state index in [0.29, 0.717) is 0 Å². The Kier molecular flexibility index (Phi) is 9.24. The van der Waals surface area contributed by atoms with Crippen molar-refractivity contribution >= 4 is 35.9 Å². The quantitative estimate of drug-likeness (QED) is 0.319. The smallest absolute Gasteiger partial charge is 0.308 e. The fourth-order valence-electron chi connectivity index (χ4n) is 3.59. The second-order valence-electron chi connectivity index (χ2n) is 6.84. The Morgan fingerprint density at radius 1 is 1.17 bits per heavy atom. The summed E-state index contributed by atoms with van der Waals surface area (Å²) in [7, 11) is 3.32. The minimum Gasteiger partial charge on any atom is -0.469 e. The van der Waals surface area contributed by atoms with Crippen LogP contribution < -0.4 is 5.32 Å². The Balaban J connectivity index is 0.00000264. The van der Waals surface area contributed by atoms with Gasteiger partial charge in [-0.15, -0.1) is 24.0 Å². The van der Waals surface area contributed by atoms with Crippen LogP contribution in [0.25, 0.3) is 0 Å². The zero-order valence-corrected chi connectivity index (χ0v) is 17.0. The van der Waals surface area contributed by atoms with Crippen LogP contribution in [0.4, 0.5) is 0 Å². The van der Waals surface area contributed by atoms with Gasteiger partial charge in [0.1, 0.15) is 0 Å². The van der Waals surface area contributed by atoms with Gasteiger partial charge in [0.2, 0.25) is 0 Å². The molecule has 1 aliphatic carbocycles. The van der Waals surface area contributed by atoms with Crippen LogP contribution in [-0.4, -0.2) is 50.6 Å². The van der Waals surface area contributed by atoms with Crippen LogP contribution in [0, 0.1) is 17.8 Å². The second-order valence-corrected chi connectivity index (χ2v) is 6.84. The summed E-state index contributed by atoms with van der Waals surface area (Å²) in [6, 6.07) is 0. The third-order valence-electron chi connectivity index (χ3n) is 5.23. The number of nitrogens with zero attached hydrogens (tertiary/aromatic N) is 2. The lowest BCUT2D eigenvalue weighted by Gasteiger charge is -2.34. The summed E-state index contributed by atoms with van der Waals surface area (Å²) >= 11 is 0. The van der Waals surface area contributed by atoms with E-state index >= 15 is 0 Å². The SMILES string of the molecule is CN=C(NCC1CCC(C)CC1)N1CCC(C(=O)OC)CC1.I. The molecule has 0 spiro atoms. The van der Waals surface area contributed by atoms with Crippen LogP contribution in [0.15, 0.2) is 4.99 Å². The molecule has 0 radical (unpaired) electrons. The topological polar surface area (TPSA) is 53.9 Å². The van der Waals surface area contributed by atoms with Crippen LogP contribution in [0.1, 0.15) is 45.4 Å². The summed E-state index contributed by atoms with van der Waals surface area (Å²) in [4.78, 5) is 18.3. The molecule has 5 nitrogen and oxygen atoms in total. The summed E-state index contributed by atoms with van der Waals surface area (Å²) in [5.74, 6) is 2.65. The molecule has 0 aromatic carbocycles. The average Bonchev–Trinajstić information content (AvgIpc) is 2.57. The summed E-state index contributed by atoms with van der Waals surface area (Å²) < 4.78 is 4.84. The number of guanidine groups is 1. The van der Waals surface area contributed by atoms with E-state index in [1.807, 2.05) is 7.05 Å². The average molecular weight is 437 g/mol. The number of piperidine rings is 1. The molecule has 23 heavy (non-hydrogen) atoms. The molecule has 0 aromatic rings. The summed E-state index contributed by atoms with van der Waals surface area (Å²) in [6.45, 7) is 5.13. The molecule has 0 atom stereocenters. The van der Waals surface area contributed by atoms with Gasteiger partial charge in [-0.2, -0.15) is 0 Å². The fourth-order valence-corrected chi connectivity index (χ4v) is 3.59. The molecule has 0 bridgehead atoms. The largest absolute Gasteiger partial charge is 0.469 e. The normalized spacial score (nSPS) is 26.4. The van der Waals surface area contributed by atoms with Gasteiger partial charge in [0.15, 0.2) is 5.96 Å². The maximum Gasteiger partial charge on any atom is 0.308 e. The van der Waals surface area contributed by atoms with Crippen LogP contribution >= 0.6 is 24.0 Å². The monoisotopic (exact) mass is 437 g/mol. The van der Waals surface area contributed by atoms with Crippen molar-refractivity contribution in [3.8, 4) is 0 Å². The predicted molar refractivity (Wildman–Crippen MR) is 104 cm³/mol. The van der Waals surface area contributed by atoms with Crippen LogP contribution in [0.5, 0.6) is 0 Å². The summed E-state index contributed by atoms with van der Waals surface area (Å²) in [5.41, 5.74) is 0. The van der Waals surface area contributed by atoms with E-state index in [4.69, 9.17) is 4.74 Å². The van der Waals surface area contributed by atoms with Gasteiger partial charge in [-0.3, -0.25) is 9.79 Å². The van der Waals surface area contributed by atoms with Gasteiger partial charge in [-0.05, 0) is 37.5 Å². The first kappa shape index (κ1) is 20.5. The number of hydrogen-bond donors (Lipinski definition) is 1. The van der Waals surface area contributed by atoms with E-state index in [0.717, 1.165) is 50.3 Å². The van der Waals surface area contributed by atoms with Gasteiger partial charge < -0.3 is 15.0 Å². The molecule has 0 unspecified atom stereocenters. The highest BCUT2D eigenvalue weighted by atomic mass is 127. The Morgan fingerprint density at radius 3 is 2.30 bits per heavy atom. The molecular formula is C17H32IN3O2. The third-order valence-corrected chi connectivity index (χ3v) is 5.23. The van der Waals surface area contributed by atoms with E-state index in [1.165, 1.54) is 32.8 Å². The lowest BCUT2D eigenvalue weighted by molar-refractivity contribution is -0.146. The van der Waals surface area contributed by atoms with Crippen LogP contribution in [0.3, 0.4) is 0 Å². The molecule has 2 rings (SSSR count). The maximum atomic E-state index is 11.6. The third kappa shape index (κ3) is 6.12. The minimum absolute atomic E-state index is 0. The first-order valence-corrected chi connectivity index (χ1v) is 8.67. The zero-order chi connectivity index (χ0) is 15.9. The predicted octanol–water partition coefficient (Wildman–Crippen LogP) is 2.89. The molecule has 134 valence electrons. The molecule has 2 aliphatic rings. The van der Waals surface area contributed by atoms with E-state index in [2.05, 4.69) is 22.1 Å². The van der Waals surface area contributed by atoms with Gasteiger partial charge in [-0.25, -0.2) is 0 Å². The van der Waals surface area contributed by atoms with Crippen molar-refractivity contribution in [2.75, 3.05) is 33.8 Å². The molecule has 1 saturated heterocycles. The number of methoxy groups -OCH3 is 1. The highest BCUT2D eigenvalue weighted by Crippen LogP contribution is 2.27. The Bertz CT molecular complexity index is 387. The van der Waals surface area contributed by atoms with Gasteiger partial charge >= 0.3 is 5.97 Å². The number of carbonyl (C=O) groups is 1. The highest BCUT2D eigenvalue weighted by molar-refractivity contribution is 14.0. The standard InChI is InChI=1S/C17H31N3O2.HI/c1-13-4-6-14(7-5-13)12-19-17(18-2)20-10-8-15(9-11-20)16(21)22-3;/h13-15H,4-12H2,1-3H3,(H,18,19);1H. The van der Waals surface area contributed by atoms with Crippen LogP contribution in [-0.2, 0) is 9.53 Å². The number of likely N-dealkylation sites (tertiary alicyclic amines) is 1. The van der Waals surface area contributed by atoms with E-state index in [-0.39, 0.29) is 35.9 Å². The van der Waals surface area contributed by atoms with Gasteiger partial charge in [-0.1, -0.05) is 19.8 Å². The van der Waals surface area contributed by atoms with Crippen LogP contribution in [0.2, 0.25) is 0 Å². The molecule has 1 saturated carbocycles. The molecule has 2 fully saturated rings. The molecule has 1 aliphatic heterocycles. The summed E-state index contributed by atoms with van der Waals surface area (Å²) in [6.07, 6.45) is 7.08. The number of ether oxygens (including phenoxy) is 1. The van der Waals surface area contributed by atoms with Crippen molar-refractivity contribution in [3.63, 3.8) is 0 Å². The van der Waals surface area contributed by atoms with E-state index < -0.39 is 0 Å². The molecule has 6 heteroatoms. The lowest BCUT2D eigenvalue weighted by atomic mass is 9.83. The van der Waals surface area contributed by atoms with Gasteiger partial charge in [0.25, 0.3) is 0 Å². The second kappa shape index (κ2) is 10.4. The zero-order valence-electron chi connectivity index (χ0n) is 14.7. The molecule has 1 N–H and O–H groups in total. The minimum atomic E-state index is -0.0704. The van der Waals surface area contributed by atoms with E-state index in [1.54, 1.807) is 0 Å². The Labute approximate surface area is 157 Å². The Hall–Kier alpha value is -0.530. The van der Waals surface area contributed by atoms with E-state index in [9.17, 15) is 4.79 Å². The maximum absolute atomic E-state index is 11.6. The van der Waals surface area contributed by atoms with Gasteiger partial charge in [0, 0.05) is 26.7 Å². The lowest BCUT2D eigenvalue weighted by Crippen LogP contribution is -2.47. The van der Waals surface area contributed by atoms with Gasteiger partial charge in [0.05, 0.1) is 13.0 Å². The molecular weight excluding hydrogens is 405 g/mol. The van der Waals surface area contributed by atoms with Crippen molar-refractivity contribution in [2.24, 2.45) is 22.7 Å². The van der Waals surface area contributed by atoms with Crippen molar-refractivity contribution in [1.82, 2.24) is 10.2 Å². The number of esters is 1. The van der Waals surface area contributed by atoms with Crippen molar-refractivity contribution in [3.05, 3.63) is 0 Å². The number of carbonyl (C=O) groups excluding carboxylic acids is 1. The Morgan fingerprint density at radius 2 is 1.78 bits per heavy atom. The number of rotatable bonds is 3. The molecule has 0 amide bonds. The first-order chi connectivity index (χ1) is 10.6. The number of hydrogen-bond acceptors (Lipinski definition) is 3. The summed E-state index contributed by atoms with van der Waals surface area (Å²) in [5, 5.41) is 3.54. The highest BCUT2D eigenvalue weighted by Gasteiger charge is 2.27. The van der Waals surface area contributed by atoms with Crippen molar-refractivity contribution < 1.29 is 9.53 Å². The number of nitrogens with one attached hydrogen (secondary N) is 1. The van der Waals surface area contributed by atoms with Crippen molar-refractivity contribution in [1.29, 1.82) is 0 Å². The van der Waals surface area contributed by atoms with Crippen molar-refractivity contribution in [2.45, 2.75) is 45.4 Å². The number of aliphatic imine (C=N–C) groups is 1. The first-order valence-electron chi connectivity index (χ1n) is 8.67. The number of halogens is 1. The molecule has 1 heterocycles.